The molecular formula is C18H23BrN2O6. The second kappa shape index (κ2) is 9.09. The number of hydrogen-bond donors (Lipinski definition) is 2. The fourth-order valence-electron chi connectivity index (χ4n) is 2.89. The molecule has 0 aromatic heterocycles. The average Bonchev–Trinajstić information content (AvgIpc) is 2.63. The highest BCUT2D eigenvalue weighted by atomic mass is 79.9. The van der Waals surface area contributed by atoms with E-state index in [1.54, 1.807) is 19.1 Å². The van der Waals surface area contributed by atoms with Crippen molar-refractivity contribution < 1.29 is 28.9 Å². The van der Waals surface area contributed by atoms with Crippen LogP contribution in [0.2, 0.25) is 0 Å². The van der Waals surface area contributed by atoms with E-state index >= 15 is 0 Å². The average molecular weight is 443 g/mol. The van der Waals surface area contributed by atoms with Gasteiger partial charge >= 0.3 is 12.0 Å². The molecule has 148 valence electrons. The fraction of sp³-hybridized carbons (Fsp3) is 0.444. The summed E-state index contributed by atoms with van der Waals surface area (Å²) in [6, 6.07) is 2.13. The molecule has 0 fully saturated rings. The minimum absolute atomic E-state index is 0.0662. The Kier molecular flexibility index (Phi) is 7.09. The Bertz CT molecular complexity index is 764. The number of methoxy groups -OCH3 is 2. The number of ether oxygens (including phenoxy) is 3. The lowest BCUT2D eigenvalue weighted by Crippen LogP contribution is -2.48. The number of hydrogen-bond acceptors (Lipinski definition) is 6. The maximum Gasteiger partial charge on any atom is 0.338 e. The lowest BCUT2D eigenvalue weighted by molar-refractivity contribution is -0.140. The Balaban J connectivity index is 2.52. The molecule has 1 aliphatic heterocycles. The lowest BCUT2D eigenvalue weighted by atomic mass is 9.94. The predicted molar refractivity (Wildman–Crippen MR) is 102 cm³/mol. The third-order valence-corrected chi connectivity index (χ3v) is 4.86. The Morgan fingerprint density at radius 3 is 2.63 bits per heavy atom. The number of allylic oxidation sites excluding steroid dienone is 1. The number of halogens is 1. The van der Waals surface area contributed by atoms with Gasteiger partial charge in [0.05, 0.1) is 29.8 Å². The van der Waals surface area contributed by atoms with Gasteiger partial charge in [-0.05, 0) is 47.5 Å². The first-order valence-corrected chi connectivity index (χ1v) is 9.16. The highest BCUT2D eigenvalue weighted by Gasteiger charge is 2.36. The second-order valence-electron chi connectivity index (χ2n) is 5.81. The summed E-state index contributed by atoms with van der Waals surface area (Å²) in [6.45, 7) is 4.29. The molecule has 1 aliphatic rings. The molecule has 2 N–H and O–H groups in total. The number of carbonyl (C=O) groups is 2. The van der Waals surface area contributed by atoms with Crippen LogP contribution in [0.15, 0.2) is 27.9 Å². The number of urea groups is 1. The molecular weight excluding hydrogens is 420 g/mol. The molecule has 9 heteroatoms. The molecule has 1 aromatic carbocycles. The van der Waals surface area contributed by atoms with Crippen molar-refractivity contribution >= 4 is 27.9 Å². The van der Waals surface area contributed by atoms with E-state index in [2.05, 4.69) is 21.2 Å². The topological polar surface area (TPSA) is 97.3 Å². The van der Waals surface area contributed by atoms with E-state index in [0.29, 0.717) is 27.9 Å². The fourth-order valence-corrected chi connectivity index (χ4v) is 3.35. The number of aromatic hydroxyl groups is 1. The largest absolute Gasteiger partial charge is 0.503 e. The van der Waals surface area contributed by atoms with E-state index in [4.69, 9.17) is 14.2 Å². The standard InChI is InChI=1S/C18H23BrN2O6/c1-5-21-10(2)14(17(23)27-7-6-25-3)15(20-18(21)24)11-8-12(19)16(22)13(9-11)26-4/h8-9,15,22H,5-7H2,1-4H3,(H,20,24)/t15-/m1/s1. The summed E-state index contributed by atoms with van der Waals surface area (Å²) >= 11 is 3.27. The minimum atomic E-state index is -0.749. The Hall–Kier alpha value is -2.26. The Morgan fingerprint density at radius 2 is 2.04 bits per heavy atom. The van der Waals surface area contributed by atoms with Crippen molar-refractivity contribution in [1.29, 1.82) is 0 Å². The van der Waals surface area contributed by atoms with Crippen LogP contribution in [-0.2, 0) is 14.3 Å². The third kappa shape index (κ3) is 4.36. The smallest absolute Gasteiger partial charge is 0.338 e. The van der Waals surface area contributed by atoms with Crippen LogP contribution in [0, 0.1) is 0 Å². The van der Waals surface area contributed by atoms with Gasteiger partial charge in [-0.3, -0.25) is 4.90 Å². The number of rotatable bonds is 7. The maximum atomic E-state index is 12.7. The first kappa shape index (κ1) is 21.0. The zero-order valence-electron chi connectivity index (χ0n) is 15.7. The number of amides is 2. The number of benzene rings is 1. The molecule has 0 saturated heterocycles. The lowest BCUT2D eigenvalue weighted by Gasteiger charge is -2.35. The van der Waals surface area contributed by atoms with Crippen molar-refractivity contribution in [2.45, 2.75) is 19.9 Å². The molecule has 8 nitrogen and oxygen atoms in total. The first-order chi connectivity index (χ1) is 12.8. The first-order valence-electron chi connectivity index (χ1n) is 8.36. The van der Waals surface area contributed by atoms with E-state index in [9.17, 15) is 14.7 Å². The van der Waals surface area contributed by atoms with Crippen molar-refractivity contribution in [3.8, 4) is 11.5 Å². The number of esters is 1. The van der Waals surface area contributed by atoms with Crippen LogP contribution in [0.4, 0.5) is 4.79 Å². The zero-order valence-corrected chi connectivity index (χ0v) is 17.3. The third-order valence-electron chi connectivity index (χ3n) is 4.26. The quantitative estimate of drug-likeness (QED) is 0.497. The Labute approximate surface area is 166 Å². The number of nitrogens with one attached hydrogen (secondary N) is 1. The van der Waals surface area contributed by atoms with E-state index in [0.717, 1.165) is 0 Å². The van der Waals surface area contributed by atoms with Gasteiger partial charge < -0.3 is 24.6 Å². The van der Waals surface area contributed by atoms with Crippen LogP contribution in [0.5, 0.6) is 11.5 Å². The molecule has 0 spiro atoms. The molecule has 0 unspecified atom stereocenters. The summed E-state index contributed by atoms with van der Waals surface area (Å²) in [7, 11) is 2.94. The van der Waals surface area contributed by atoms with Crippen LogP contribution in [0.3, 0.4) is 0 Å². The van der Waals surface area contributed by atoms with E-state index < -0.39 is 12.0 Å². The van der Waals surface area contributed by atoms with Crippen LogP contribution in [-0.4, -0.2) is 56.0 Å². The molecule has 0 bridgehead atoms. The van der Waals surface area contributed by atoms with Gasteiger partial charge in [0.1, 0.15) is 6.61 Å². The molecule has 0 saturated carbocycles. The van der Waals surface area contributed by atoms with Crippen LogP contribution >= 0.6 is 15.9 Å². The molecule has 2 amide bonds. The number of phenols is 1. The normalized spacial score (nSPS) is 17.0. The summed E-state index contributed by atoms with van der Waals surface area (Å²) in [5.74, 6) is -0.393. The van der Waals surface area contributed by atoms with E-state index in [1.807, 2.05) is 6.92 Å². The minimum Gasteiger partial charge on any atom is -0.503 e. The predicted octanol–water partition coefficient (Wildman–Crippen LogP) is 2.71. The van der Waals surface area contributed by atoms with Gasteiger partial charge in [0.2, 0.25) is 0 Å². The van der Waals surface area contributed by atoms with E-state index in [1.165, 1.54) is 19.1 Å². The summed E-state index contributed by atoms with van der Waals surface area (Å²) < 4.78 is 15.8. The molecule has 1 aromatic rings. The molecule has 27 heavy (non-hydrogen) atoms. The summed E-state index contributed by atoms with van der Waals surface area (Å²) in [5, 5.41) is 12.9. The Morgan fingerprint density at radius 1 is 1.33 bits per heavy atom. The molecule has 0 radical (unpaired) electrons. The van der Waals surface area contributed by atoms with Crippen LogP contribution in [0.1, 0.15) is 25.5 Å². The maximum absolute atomic E-state index is 12.7. The highest BCUT2D eigenvalue weighted by molar-refractivity contribution is 9.10. The molecule has 0 aliphatic carbocycles. The van der Waals surface area contributed by atoms with Crippen molar-refractivity contribution in [3.63, 3.8) is 0 Å². The van der Waals surface area contributed by atoms with Crippen molar-refractivity contribution in [2.75, 3.05) is 34.0 Å². The number of carbonyl (C=O) groups excluding carboxylic acids is 2. The van der Waals surface area contributed by atoms with Gasteiger partial charge in [-0.2, -0.15) is 0 Å². The van der Waals surface area contributed by atoms with Crippen molar-refractivity contribution in [3.05, 3.63) is 33.4 Å². The number of nitrogens with zero attached hydrogens (tertiary/aromatic N) is 1. The summed E-state index contributed by atoms with van der Waals surface area (Å²) in [5.41, 5.74) is 1.39. The van der Waals surface area contributed by atoms with Gasteiger partial charge in [-0.15, -0.1) is 0 Å². The van der Waals surface area contributed by atoms with Gasteiger partial charge in [-0.1, -0.05) is 0 Å². The van der Waals surface area contributed by atoms with Gasteiger partial charge in [0.15, 0.2) is 11.5 Å². The highest BCUT2D eigenvalue weighted by Crippen LogP contribution is 2.40. The molecule has 1 atom stereocenters. The molecule has 2 rings (SSSR count). The van der Waals surface area contributed by atoms with Crippen molar-refractivity contribution in [1.82, 2.24) is 10.2 Å². The van der Waals surface area contributed by atoms with Crippen LogP contribution < -0.4 is 10.1 Å². The van der Waals surface area contributed by atoms with E-state index in [-0.39, 0.29) is 30.7 Å². The SMILES string of the molecule is CCN1C(=O)N[C@H](c2cc(Br)c(O)c(OC)c2)C(C(=O)OCCOC)=C1C. The molecule has 1 heterocycles. The zero-order chi connectivity index (χ0) is 20.1. The second-order valence-corrected chi connectivity index (χ2v) is 6.66. The van der Waals surface area contributed by atoms with Gasteiger partial charge in [0.25, 0.3) is 0 Å². The summed E-state index contributed by atoms with van der Waals surface area (Å²) in [4.78, 5) is 26.7. The van der Waals surface area contributed by atoms with Gasteiger partial charge in [-0.25, -0.2) is 9.59 Å². The van der Waals surface area contributed by atoms with Gasteiger partial charge in [0, 0.05) is 19.4 Å². The van der Waals surface area contributed by atoms with Crippen molar-refractivity contribution in [2.24, 2.45) is 0 Å². The van der Waals surface area contributed by atoms with Crippen LogP contribution in [0.25, 0.3) is 0 Å². The summed E-state index contributed by atoms with van der Waals surface area (Å²) in [6.07, 6.45) is 0. The number of phenolic OH excluding ortho intramolecular Hbond substituents is 1. The monoisotopic (exact) mass is 442 g/mol.